The second-order valence-electron chi connectivity index (χ2n) is 5.49. The van der Waals surface area contributed by atoms with Gasteiger partial charge >= 0.3 is 6.18 Å². The molecule has 1 aliphatic heterocycles. The molecule has 21 heavy (non-hydrogen) atoms. The summed E-state index contributed by atoms with van der Waals surface area (Å²) in [6.45, 7) is 3.35. The van der Waals surface area contributed by atoms with Crippen molar-refractivity contribution in [1.29, 1.82) is 0 Å². The molecule has 2 nitrogen and oxygen atoms in total. The summed E-state index contributed by atoms with van der Waals surface area (Å²) < 4.78 is 42.4. The van der Waals surface area contributed by atoms with E-state index in [0.717, 1.165) is 31.6 Å². The molecule has 5 heteroatoms. The minimum absolute atomic E-state index is 0.0823. The number of hydrogen-bond donors (Lipinski definition) is 1. The SMILES string of the molecule is CCNC(CCc1ccc2c(c1)CCO2)CCC(F)(F)F. The van der Waals surface area contributed by atoms with E-state index in [4.69, 9.17) is 4.74 Å². The number of nitrogens with one attached hydrogen (secondary N) is 1. The third kappa shape index (κ3) is 5.23. The molecule has 0 radical (unpaired) electrons. The van der Waals surface area contributed by atoms with Crippen molar-refractivity contribution in [1.82, 2.24) is 5.32 Å². The molecule has 118 valence electrons. The average Bonchev–Trinajstić information content (AvgIpc) is 2.88. The van der Waals surface area contributed by atoms with Crippen LogP contribution in [0.4, 0.5) is 13.2 Å². The van der Waals surface area contributed by atoms with Gasteiger partial charge in [0.15, 0.2) is 0 Å². The molecule has 2 rings (SSSR count). The Balaban J connectivity index is 1.86. The number of halogens is 3. The lowest BCUT2D eigenvalue weighted by atomic mass is 9.99. The lowest BCUT2D eigenvalue weighted by Crippen LogP contribution is -2.30. The highest BCUT2D eigenvalue weighted by Crippen LogP contribution is 2.27. The van der Waals surface area contributed by atoms with Crippen LogP contribution in [-0.4, -0.2) is 25.4 Å². The van der Waals surface area contributed by atoms with Crippen molar-refractivity contribution in [2.24, 2.45) is 0 Å². The van der Waals surface area contributed by atoms with E-state index in [1.165, 1.54) is 11.1 Å². The van der Waals surface area contributed by atoms with Crippen LogP contribution in [0.15, 0.2) is 18.2 Å². The summed E-state index contributed by atoms with van der Waals surface area (Å²) in [5.74, 6) is 0.944. The van der Waals surface area contributed by atoms with E-state index in [9.17, 15) is 13.2 Å². The average molecular weight is 301 g/mol. The van der Waals surface area contributed by atoms with Crippen LogP contribution in [0.25, 0.3) is 0 Å². The third-order valence-corrected chi connectivity index (χ3v) is 3.80. The second kappa shape index (κ2) is 7.16. The molecule has 0 amide bonds. The number of hydrogen-bond acceptors (Lipinski definition) is 2. The minimum Gasteiger partial charge on any atom is -0.493 e. The fourth-order valence-electron chi connectivity index (χ4n) is 2.71. The molecule has 0 bridgehead atoms. The summed E-state index contributed by atoms with van der Waals surface area (Å²) in [7, 11) is 0. The van der Waals surface area contributed by atoms with Gasteiger partial charge in [-0.3, -0.25) is 0 Å². The monoisotopic (exact) mass is 301 g/mol. The van der Waals surface area contributed by atoms with Gasteiger partial charge in [-0.15, -0.1) is 0 Å². The van der Waals surface area contributed by atoms with Crippen LogP contribution < -0.4 is 10.1 Å². The number of ether oxygens (including phenoxy) is 1. The molecule has 1 aliphatic rings. The lowest BCUT2D eigenvalue weighted by Gasteiger charge is -2.19. The number of aryl methyl sites for hydroxylation is 1. The standard InChI is InChI=1S/C16H22F3NO/c1-2-20-14(7-9-16(17,18)19)5-3-12-4-6-15-13(11-12)8-10-21-15/h4,6,11,14,20H,2-3,5,7-10H2,1H3. The van der Waals surface area contributed by atoms with Crippen molar-refractivity contribution in [2.45, 2.75) is 51.2 Å². The number of benzene rings is 1. The zero-order chi connectivity index (χ0) is 15.3. The summed E-state index contributed by atoms with van der Waals surface area (Å²) in [4.78, 5) is 0. The first-order valence-electron chi connectivity index (χ1n) is 7.52. The number of fused-ring (bicyclic) bond motifs is 1. The van der Waals surface area contributed by atoms with E-state index in [2.05, 4.69) is 11.4 Å². The van der Waals surface area contributed by atoms with Gasteiger partial charge in [-0.05, 0) is 43.0 Å². The topological polar surface area (TPSA) is 21.3 Å². The Morgan fingerprint density at radius 2 is 2.10 bits per heavy atom. The van der Waals surface area contributed by atoms with Crippen molar-refractivity contribution in [3.63, 3.8) is 0 Å². The fourth-order valence-corrected chi connectivity index (χ4v) is 2.71. The van der Waals surface area contributed by atoms with Crippen LogP contribution in [0.1, 0.15) is 37.3 Å². The number of alkyl halides is 3. The highest BCUT2D eigenvalue weighted by molar-refractivity contribution is 5.39. The Morgan fingerprint density at radius 1 is 1.29 bits per heavy atom. The van der Waals surface area contributed by atoms with Crippen molar-refractivity contribution in [3.05, 3.63) is 29.3 Å². The van der Waals surface area contributed by atoms with Crippen molar-refractivity contribution >= 4 is 0 Å². The molecule has 0 aliphatic carbocycles. The summed E-state index contributed by atoms with van der Waals surface area (Å²) >= 11 is 0. The molecule has 0 saturated heterocycles. The van der Waals surface area contributed by atoms with E-state index >= 15 is 0 Å². The lowest BCUT2D eigenvalue weighted by molar-refractivity contribution is -0.136. The Morgan fingerprint density at radius 3 is 2.81 bits per heavy atom. The van der Waals surface area contributed by atoms with Gasteiger partial charge in [0.2, 0.25) is 0 Å². The maximum Gasteiger partial charge on any atom is 0.389 e. The highest BCUT2D eigenvalue weighted by Gasteiger charge is 2.28. The van der Waals surface area contributed by atoms with Crippen LogP contribution in [-0.2, 0) is 12.8 Å². The van der Waals surface area contributed by atoms with Gasteiger partial charge in [0.1, 0.15) is 5.75 Å². The molecule has 1 unspecified atom stereocenters. The maximum absolute atomic E-state index is 12.3. The van der Waals surface area contributed by atoms with Gasteiger partial charge in [0.05, 0.1) is 6.61 Å². The van der Waals surface area contributed by atoms with E-state index in [1.807, 2.05) is 19.1 Å². The molecule has 1 aromatic carbocycles. The minimum atomic E-state index is -4.07. The van der Waals surface area contributed by atoms with Gasteiger partial charge in [0, 0.05) is 18.9 Å². The first-order valence-corrected chi connectivity index (χ1v) is 7.52. The Labute approximate surface area is 123 Å². The maximum atomic E-state index is 12.3. The zero-order valence-electron chi connectivity index (χ0n) is 12.3. The van der Waals surface area contributed by atoms with Crippen molar-refractivity contribution in [3.8, 4) is 5.75 Å². The van der Waals surface area contributed by atoms with Crippen LogP contribution in [0.5, 0.6) is 5.75 Å². The molecule has 1 N–H and O–H groups in total. The first kappa shape index (κ1) is 16.1. The number of rotatable bonds is 7. The molecule has 0 aromatic heterocycles. The van der Waals surface area contributed by atoms with Gasteiger partial charge in [-0.1, -0.05) is 19.1 Å². The van der Waals surface area contributed by atoms with Crippen LogP contribution >= 0.6 is 0 Å². The van der Waals surface area contributed by atoms with Gasteiger partial charge < -0.3 is 10.1 Å². The summed E-state index contributed by atoms with van der Waals surface area (Å²) in [5.41, 5.74) is 2.39. The van der Waals surface area contributed by atoms with Crippen LogP contribution in [0, 0.1) is 0 Å². The predicted octanol–water partition coefficient (Wildman–Crippen LogP) is 3.87. The van der Waals surface area contributed by atoms with Crippen LogP contribution in [0.3, 0.4) is 0 Å². The van der Waals surface area contributed by atoms with Crippen LogP contribution in [0.2, 0.25) is 0 Å². The Bertz CT molecular complexity index is 459. The van der Waals surface area contributed by atoms with E-state index in [0.29, 0.717) is 6.54 Å². The second-order valence-corrected chi connectivity index (χ2v) is 5.49. The first-order chi connectivity index (χ1) is 9.98. The van der Waals surface area contributed by atoms with E-state index in [1.54, 1.807) is 0 Å². The molecule has 1 atom stereocenters. The fraction of sp³-hybridized carbons (Fsp3) is 0.625. The van der Waals surface area contributed by atoms with Crippen molar-refractivity contribution in [2.75, 3.05) is 13.2 Å². The smallest absolute Gasteiger partial charge is 0.389 e. The van der Waals surface area contributed by atoms with E-state index in [-0.39, 0.29) is 12.5 Å². The van der Waals surface area contributed by atoms with E-state index < -0.39 is 12.6 Å². The third-order valence-electron chi connectivity index (χ3n) is 3.80. The Kier molecular flexibility index (Phi) is 5.51. The van der Waals surface area contributed by atoms with Gasteiger partial charge in [0.25, 0.3) is 0 Å². The molecular formula is C16H22F3NO. The van der Waals surface area contributed by atoms with Gasteiger partial charge in [-0.25, -0.2) is 0 Å². The predicted molar refractivity (Wildman–Crippen MR) is 76.7 cm³/mol. The Hall–Kier alpha value is -1.23. The molecule has 0 saturated carbocycles. The molecule has 1 aromatic rings. The largest absolute Gasteiger partial charge is 0.493 e. The quantitative estimate of drug-likeness (QED) is 0.825. The molecule has 0 spiro atoms. The molecular weight excluding hydrogens is 279 g/mol. The summed E-state index contributed by atoms with van der Waals surface area (Å²) in [6, 6.07) is 6.02. The van der Waals surface area contributed by atoms with Crippen molar-refractivity contribution < 1.29 is 17.9 Å². The summed E-state index contributed by atoms with van der Waals surface area (Å²) in [6.07, 6.45) is -2.20. The molecule has 1 heterocycles. The summed E-state index contributed by atoms with van der Waals surface area (Å²) in [5, 5.41) is 3.15. The normalized spacial score (nSPS) is 15.6. The van der Waals surface area contributed by atoms with Gasteiger partial charge in [-0.2, -0.15) is 13.2 Å². The molecule has 0 fully saturated rings. The highest BCUT2D eigenvalue weighted by atomic mass is 19.4. The zero-order valence-corrected chi connectivity index (χ0v) is 12.3.